The molecule has 0 radical (unpaired) electrons. The minimum absolute atomic E-state index is 0.240. The van der Waals surface area contributed by atoms with Gasteiger partial charge in [-0.25, -0.2) is 8.42 Å². The summed E-state index contributed by atoms with van der Waals surface area (Å²) in [7, 11) is -1.92. The molecule has 8 heteroatoms. The molecule has 1 heterocycles. The summed E-state index contributed by atoms with van der Waals surface area (Å²) in [5.41, 5.74) is 1.31. The Morgan fingerprint density at radius 3 is 2.42 bits per heavy atom. The highest BCUT2D eigenvalue weighted by atomic mass is 32.2. The van der Waals surface area contributed by atoms with Crippen molar-refractivity contribution in [2.45, 2.75) is 31.1 Å². The minimum Gasteiger partial charge on any atom is -0.493 e. The normalized spacial score (nSPS) is 15.0. The van der Waals surface area contributed by atoms with Crippen molar-refractivity contribution in [1.82, 2.24) is 4.31 Å². The number of benzene rings is 2. The second kappa shape index (κ2) is 10.5. The summed E-state index contributed by atoms with van der Waals surface area (Å²) in [5, 5.41) is 2.74. The SMILES string of the molecule is CCOc1ccc(/C=C/C(=O)Nc2ccc(S(=O)(=O)N3CCCCC3)cc2)cc1OC. The van der Waals surface area contributed by atoms with Gasteiger partial charge in [0.1, 0.15) is 0 Å². The van der Waals surface area contributed by atoms with Gasteiger partial charge >= 0.3 is 0 Å². The molecule has 7 nitrogen and oxygen atoms in total. The Morgan fingerprint density at radius 1 is 1.06 bits per heavy atom. The van der Waals surface area contributed by atoms with Crippen molar-refractivity contribution < 1.29 is 22.7 Å². The van der Waals surface area contributed by atoms with Crippen LogP contribution in [0.5, 0.6) is 11.5 Å². The zero-order valence-corrected chi connectivity index (χ0v) is 18.7. The van der Waals surface area contributed by atoms with Gasteiger partial charge in [-0.05, 0) is 67.8 Å². The molecule has 0 bridgehead atoms. The molecule has 31 heavy (non-hydrogen) atoms. The molecule has 0 aromatic heterocycles. The Hall–Kier alpha value is -2.84. The van der Waals surface area contributed by atoms with Crippen molar-refractivity contribution in [1.29, 1.82) is 0 Å². The maximum absolute atomic E-state index is 12.7. The van der Waals surface area contributed by atoms with Crippen molar-refractivity contribution in [3.63, 3.8) is 0 Å². The van der Waals surface area contributed by atoms with Gasteiger partial charge in [-0.3, -0.25) is 4.79 Å². The molecule has 1 aliphatic heterocycles. The topological polar surface area (TPSA) is 84.9 Å². The molecular formula is C23H28N2O5S. The van der Waals surface area contributed by atoms with Gasteiger partial charge in [-0.2, -0.15) is 4.31 Å². The van der Waals surface area contributed by atoms with E-state index in [1.54, 1.807) is 37.5 Å². The zero-order valence-electron chi connectivity index (χ0n) is 17.8. The summed E-state index contributed by atoms with van der Waals surface area (Å²) >= 11 is 0. The Kier molecular flexibility index (Phi) is 7.70. The van der Waals surface area contributed by atoms with E-state index in [0.717, 1.165) is 24.8 Å². The fourth-order valence-electron chi connectivity index (χ4n) is 3.38. The maximum Gasteiger partial charge on any atom is 0.248 e. The number of carbonyl (C=O) groups is 1. The summed E-state index contributed by atoms with van der Waals surface area (Å²) in [6.45, 7) is 3.54. The lowest BCUT2D eigenvalue weighted by atomic mass is 10.2. The fourth-order valence-corrected chi connectivity index (χ4v) is 4.90. The van der Waals surface area contributed by atoms with Crippen LogP contribution < -0.4 is 14.8 Å². The molecule has 1 amide bonds. The van der Waals surface area contributed by atoms with Crippen molar-refractivity contribution >= 4 is 27.7 Å². The lowest BCUT2D eigenvalue weighted by Gasteiger charge is -2.25. The Labute approximate surface area is 183 Å². The first-order valence-electron chi connectivity index (χ1n) is 10.3. The molecular weight excluding hydrogens is 416 g/mol. The van der Waals surface area contributed by atoms with Gasteiger partial charge in [0.15, 0.2) is 11.5 Å². The zero-order chi connectivity index (χ0) is 22.3. The van der Waals surface area contributed by atoms with E-state index in [9.17, 15) is 13.2 Å². The molecule has 1 fully saturated rings. The summed E-state index contributed by atoms with van der Waals surface area (Å²) < 4.78 is 37.7. The lowest BCUT2D eigenvalue weighted by molar-refractivity contribution is -0.111. The largest absolute Gasteiger partial charge is 0.493 e. The Balaban J connectivity index is 1.63. The second-order valence-electron chi connectivity index (χ2n) is 7.16. The second-order valence-corrected chi connectivity index (χ2v) is 9.09. The van der Waals surface area contributed by atoms with Crippen molar-refractivity contribution in [3.8, 4) is 11.5 Å². The van der Waals surface area contributed by atoms with Crippen LogP contribution >= 0.6 is 0 Å². The Bertz CT molecular complexity index is 1030. The van der Waals surface area contributed by atoms with Crippen molar-refractivity contribution in [2.75, 3.05) is 32.1 Å². The number of sulfonamides is 1. The maximum atomic E-state index is 12.7. The van der Waals surface area contributed by atoms with Crippen LogP contribution in [0.3, 0.4) is 0 Å². The molecule has 1 N–H and O–H groups in total. The third kappa shape index (κ3) is 5.86. The highest BCUT2D eigenvalue weighted by molar-refractivity contribution is 7.89. The number of hydrogen-bond donors (Lipinski definition) is 1. The van der Waals surface area contributed by atoms with E-state index in [-0.39, 0.29) is 10.8 Å². The summed E-state index contributed by atoms with van der Waals surface area (Å²) in [4.78, 5) is 12.5. The standard InChI is InChI=1S/C23H28N2O5S/c1-3-30-21-13-7-18(17-22(21)29-2)8-14-23(26)24-19-9-11-20(12-10-19)31(27,28)25-15-5-4-6-16-25/h7-14,17H,3-6,15-16H2,1-2H3,(H,24,26)/b14-8+. The van der Waals surface area contributed by atoms with Crippen LogP contribution in [0, 0.1) is 0 Å². The number of nitrogens with one attached hydrogen (secondary N) is 1. The lowest BCUT2D eigenvalue weighted by Crippen LogP contribution is -2.35. The third-order valence-electron chi connectivity index (χ3n) is 4.99. The number of nitrogens with zero attached hydrogens (tertiary/aromatic N) is 1. The smallest absolute Gasteiger partial charge is 0.248 e. The summed E-state index contributed by atoms with van der Waals surface area (Å²) in [5.74, 6) is 0.917. The highest BCUT2D eigenvalue weighted by Gasteiger charge is 2.25. The van der Waals surface area contributed by atoms with Crippen LogP contribution in [-0.4, -0.2) is 45.4 Å². The molecule has 3 rings (SSSR count). The number of methoxy groups -OCH3 is 1. The average molecular weight is 445 g/mol. The predicted molar refractivity (Wildman–Crippen MR) is 121 cm³/mol. The summed E-state index contributed by atoms with van der Waals surface area (Å²) in [6.07, 6.45) is 5.92. The quantitative estimate of drug-likeness (QED) is 0.624. The molecule has 0 atom stereocenters. The van der Waals surface area contributed by atoms with Gasteiger partial charge in [-0.1, -0.05) is 12.5 Å². The fraction of sp³-hybridized carbons (Fsp3) is 0.348. The van der Waals surface area contributed by atoms with E-state index in [4.69, 9.17) is 9.47 Å². The molecule has 2 aromatic rings. The molecule has 1 saturated heterocycles. The van der Waals surface area contributed by atoms with Gasteiger partial charge in [0.25, 0.3) is 0 Å². The van der Waals surface area contributed by atoms with Crippen LogP contribution in [0.4, 0.5) is 5.69 Å². The molecule has 1 aliphatic rings. The monoisotopic (exact) mass is 444 g/mol. The van der Waals surface area contributed by atoms with Crippen LogP contribution in [0.15, 0.2) is 53.4 Å². The number of carbonyl (C=O) groups excluding carboxylic acids is 1. The van der Waals surface area contributed by atoms with Crippen LogP contribution in [0.1, 0.15) is 31.7 Å². The molecule has 0 aliphatic carbocycles. The molecule has 166 valence electrons. The highest BCUT2D eigenvalue weighted by Crippen LogP contribution is 2.28. The molecule has 0 spiro atoms. The van der Waals surface area contributed by atoms with E-state index in [2.05, 4.69) is 5.32 Å². The molecule has 2 aromatic carbocycles. The van der Waals surface area contributed by atoms with Crippen molar-refractivity contribution in [3.05, 3.63) is 54.1 Å². The van der Waals surface area contributed by atoms with Crippen LogP contribution in [0.2, 0.25) is 0 Å². The number of anilines is 1. The number of rotatable bonds is 8. The van der Waals surface area contributed by atoms with E-state index >= 15 is 0 Å². The minimum atomic E-state index is -3.48. The first-order valence-corrected chi connectivity index (χ1v) is 11.8. The van der Waals surface area contributed by atoms with E-state index < -0.39 is 10.0 Å². The van der Waals surface area contributed by atoms with Gasteiger partial charge in [0.05, 0.1) is 18.6 Å². The van der Waals surface area contributed by atoms with Gasteiger partial charge in [0, 0.05) is 24.9 Å². The van der Waals surface area contributed by atoms with E-state index in [0.29, 0.717) is 36.9 Å². The predicted octanol–water partition coefficient (Wildman–Crippen LogP) is 3.92. The van der Waals surface area contributed by atoms with Gasteiger partial charge < -0.3 is 14.8 Å². The van der Waals surface area contributed by atoms with Gasteiger partial charge in [-0.15, -0.1) is 0 Å². The number of hydrogen-bond acceptors (Lipinski definition) is 5. The third-order valence-corrected chi connectivity index (χ3v) is 6.90. The molecule has 0 unspecified atom stereocenters. The number of amides is 1. The van der Waals surface area contributed by atoms with Crippen molar-refractivity contribution in [2.24, 2.45) is 0 Å². The average Bonchev–Trinajstić information content (AvgIpc) is 2.79. The summed E-state index contributed by atoms with van der Waals surface area (Å²) in [6, 6.07) is 11.7. The van der Waals surface area contributed by atoms with Crippen LogP contribution in [-0.2, 0) is 14.8 Å². The first-order chi connectivity index (χ1) is 14.9. The van der Waals surface area contributed by atoms with E-state index in [1.807, 2.05) is 13.0 Å². The Morgan fingerprint density at radius 2 is 1.77 bits per heavy atom. The number of ether oxygens (including phenoxy) is 2. The number of piperidine rings is 1. The van der Waals surface area contributed by atoms with Gasteiger partial charge in [0.2, 0.25) is 15.9 Å². The first kappa shape index (κ1) is 22.8. The van der Waals surface area contributed by atoms with E-state index in [1.165, 1.54) is 22.5 Å². The van der Waals surface area contributed by atoms with Crippen LogP contribution in [0.25, 0.3) is 6.08 Å². The molecule has 0 saturated carbocycles.